The molecule has 0 heterocycles. The highest BCUT2D eigenvalue weighted by atomic mass is 35.5. The van der Waals surface area contributed by atoms with Crippen molar-refractivity contribution in [1.82, 2.24) is 5.32 Å². The van der Waals surface area contributed by atoms with Gasteiger partial charge in [0.05, 0.1) is 10.9 Å². The summed E-state index contributed by atoms with van der Waals surface area (Å²) in [7, 11) is -3.46. The van der Waals surface area contributed by atoms with Crippen molar-refractivity contribution in [1.29, 1.82) is 0 Å². The number of halogens is 3. The van der Waals surface area contributed by atoms with E-state index in [-0.39, 0.29) is 29.6 Å². The Morgan fingerprint density at radius 1 is 1.11 bits per heavy atom. The number of carbonyl (C=O) groups is 1. The molecular weight excluding hydrogens is 398 g/mol. The Balaban J connectivity index is 0.00000364. The summed E-state index contributed by atoms with van der Waals surface area (Å²) in [6.45, 7) is 0.340. The van der Waals surface area contributed by atoms with Gasteiger partial charge in [0.15, 0.2) is 21.5 Å². The van der Waals surface area contributed by atoms with Crippen molar-refractivity contribution in [2.75, 3.05) is 12.8 Å². The summed E-state index contributed by atoms with van der Waals surface area (Å²) in [6, 6.07) is 8.45. The first-order valence-corrected chi connectivity index (χ1v) is 9.86. The van der Waals surface area contributed by atoms with Crippen LogP contribution in [-0.4, -0.2) is 27.1 Å². The monoisotopic (exact) mass is 418 g/mol. The van der Waals surface area contributed by atoms with Crippen molar-refractivity contribution in [3.63, 3.8) is 0 Å². The molecule has 0 aromatic heterocycles. The topological polar surface area (TPSA) is 89.3 Å². The summed E-state index contributed by atoms with van der Waals surface area (Å²) in [4.78, 5) is 12.2. The van der Waals surface area contributed by atoms with Crippen LogP contribution in [0.25, 0.3) is 0 Å². The molecule has 0 fully saturated rings. The van der Waals surface area contributed by atoms with E-state index >= 15 is 0 Å². The number of nitrogens with two attached hydrogens (primary N) is 1. The maximum atomic E-state index is 13.7. The lowest BCUT2D eigenvalue weighted by atomic mass is 9.98. The van der Waals surface area contributed by atoms with Crippen LogP contribution in [0.1, 0.15) is 30.0 Å². The molecule has 9 heteroatoms. The van der Waals surface area contributed by atoms with E-state index in [1.807, 2.05) is 0 Å². The predicted molar refractivity (Wildman–Crippen MR) is 101 cm³/mol. The summed E-state index contributed by atoms with van der Waals surface area (Å²) in [5.74, 6) is -2.38. The molecule has 0 aliphatic heterocycles. The van der Waals surface area contributed by atoms with Crippen molar-refractivity contribution in [3.8, 4) is 0 Å². The predicted octanol–water partition coefficient (Wildman–Crippen LogP) is 2.73. The van der Waals surface area contributed by atoms with Crippen LogP contribution in [-0.2, 0) is 14.6 Å². The van der Waals surface area contributed by atoms with Crippen molar-refractivity contribution < 1.29 is 22.0 Å². The lowest BCUT2D eigenvalue weighted by molar-refractivity contribution is -0.121. The molecule has 0 bridgehead atoms. The van der Waals surface area contributed by atoms with Crippen LogP contribution in [0.5, 0.6) is 0 Å². The van der Waals surface area contributed by atoms with Gasteiger partial charge in [0.25, 0.3) is 0 Å². The minimum absolute atomic E-state index is 0. The summed E-state index contributed by atoms with van der Waals surface area (Å²) in [5.41, 5.74) is 6.14. The van der Waals surface area contributed by atoms with E-state index in [1.54, 1.807) is 6.07 Å². The Kier molecular flexibility index (Phi) is 8.33. The van der Waals surface area contributed by atoms with E-state index in [0.29, 0.717) is 24.1 Å². The van der Waals surface area contributed by atoms with Gasteiger partial charge in [-0.2, -0.15) is 0 Å². The Bertz CT molecular complexity index is 907. The highest BCUT2D eigenvalue weighted by molar-refractivity contribution is 7.90. The number of sulfone groups is 1. The van der Waals surface area contributed by atoms with Crippen molar-refractivity contribution >= 4 is 28.2 Å². The lowest BCUT2D eigenvalue weighted by Gasteiger charge is -2.21. The average Bonchev–Trinajstić information content (AvgIpc) is 2.59. The Morgan fingerprint density at radius 3 is 2.37 bits per heavy atom. The minimum Gasteiger partial charge on any atom is -0.345 e. The number of hydrogen-bond donors (Lipinski definition) is 2. The van der Waals surface area contributed by atoms with Gasteiger partial charge in [-0.25, -0.2) is 17.2 Å². The fraction of sp³-hybridized carbons (Fsp3) is 0.278. The fourth-order valence-corrected chi connectivity index (χ4v) is 3.15. The highest BCUT2D eigenvalue weighted by Crippen LogP contribution is 2.26. The second-order valence-electron chi connectivity index (χ2n) is 5.91. The minimum atomic E-state index is -3.46. The molecular formula is C18H21ClF2N2O3S. The second kappa shape index (κ2) is 9.77. The number of rotatable bonds is 7. The quantitative estimate of drug-likeness (QED) is 0.723. The molecule has 3 N–H and O–H groups in total. The third-order valence-corrected chi connectivity index (χ3v) is 4.92. The molecule has 1 unspecified atom stereocenters. The van der Waals surface area contributed by atoms with E-state index in [2.05, 4.69) is 5.32 Å². The molecule has 0 saturated carbocycles. The van der Waals surface area contributed by atoms with Gasteiger partial charge in [-0.3, -0.25) is 4.79 Å². The van der Waals surface area contributed by atoms with Gasteiger partial charge in [-0.1, -0.05) is 18.2 Å². The summed E-state index contributed by atoms with van der Waals surface area (Å²) >= 11 is 0. The Hall–Kier alpha value is -2.03. The Labute approximate surface area is 163 Å². The van der Waals surface area contributed by atoms with Crippen LogP contribution in [0.4, 0.5) is 8.78 Å². The molecule has 2 rings (SSSR count). The van der Waals surface area contributed by atoms with Crippen molar-refractivity contribution in [2.45, 2.75) is 23.8 Å². The van der Waals surface area contributed by atoms with Gasteiger partial charge in [0.2, 0.25) is 5.91 Å². The summed E-state index contributed by atoms with van der Waals surface area (Å²) in [6.07, 6.45) is 1.71. The molecule has 148 valence electrons. The number of carbonyl (C=O) groups excluding carboxylic acids is 1. The standard InChI is InChI=1S/C18H20F2N2O3S.ClH/c1-26(24,25)14-5-2-4-12(10-14)18(22-17(23)6-3-9-21)13-7-8-15(19)16(20)11-13;/h2,4-5,7-8,10-11,18H,3,6,9,21H2,1H3,(H,22,23);1H. The number of benzene rings is 2. The maximum absolute atomic E-state index is 13.7. The second-order valence-corrected chi connectivity index (χ2v) is 7.93. The number of hydrogen-bond acceptors (Lipinski definition) is 4. The van der Waals surface area contributed by atoms with Crippen LogP contribution in [0, 0.1) is 11.6 Å². The van der Waals surface area contributed by atoms with Crippen LogP contribution >= 0.6 is 12.4 Å². The molecule has 0 aliphatic rings. The molecule has 1 atom stereocenters. The number of nitrogens with one attached hydrogen (secondary N) is 1. The molecule has 5 nitrogen and oxygen atoms in total. The van der Waals surface area contributed by atoms with Crippen LogP contribution in [0.15, 0.2) is 47.4 Å². The van der Waals surface area contributed by atoms with Gasteiger partial charge >= 0.3 is 0 Å². The molecule has 2 aromatic carbocycles. The maximum Gasteiger partial charge on any atom is 0.220 e. The first-order chi connectivity index (χ1) is 12.2. The van der Waals surface area contributed by atoms with Crippen LogP contribution in [0.3, 0.4) is 0 Å². The molecule has 0 spiro atoms. The third-order valence-electron chi connectivity index (χ3n) is 3.81. The first kappa shape index (κ1) is 23.0. The van der Waals surface area contributed by atoms with E-state index in [4.69, 9.17) is 5.73 Å². The van der Waals surface area contributed by atoms with Gasteiger partial charge < -0.3 is 11.1 Å². The zero-order valence-electron chi connectivity index (χ0n) is 14.6. The van der Waals surface area contributed by atoms with Gasteiger partial charge in [-0.05, 0) is 48.4 Å². The van der Waals surface area contributed by atoms with Gasteiger partial charge in [-0.15, -0.1) is 12.4 Å². The first-order valence-electron chi connectivity index (χ1n) is 7.97. The normalized spacial score (nSPS) is 12.1. The fourth-order valence-electron chi connectivity index (χ4n) is 2.47. The molecule has 27 heavy (non-hydrogen) atoms. The lowest BCUT2D eigenvalue weighted by Crippen LogP contribution is -2.29. The average molecular weight is 419 g/mol. The van der Waals surface area contributed by atoms with E-state index in [0.717, 1.165) is 18.4 Å². The summed E-state index contributed by atoms with van der Waals surface area (Å²) in [5, 5.41) is 2.73. The van der Waals surface area contributed by atoms with Crippen LogP contribution in [0.2, 0.25) is 0 Å². The highest BCUT2D eigenvalue weighted by Gasteiger charge is 2.20. The zero-order chi connectivity index (χ0) is 19.3. The van der Waals surface area contributed by atoms with Gasteiger partial charge in [0.1, 0.15) is 0 Å². The van der Waals surface area contributed by atoms with Crippen molar-refractivity contribution in [3.05, 3.63) is 65.2 Å². The van der Waals surface area contributed by atoms with E-state index in [1.165, 1.54) is 24.3 Å². The number of amides is 1. The molecule has 1 amide bonds. The SMILES string of the molecule is CS(=O)(=O)c1cccc(C(NC(=O)CCCN)c2ccc(F)c(F)c2)c1.Cl. The van der Waals surface area contributed by atoms with Gasteiger partial charge in [0, 0.05) is 12.7 Å². The molecule has 0 radical (unpaired) electrons. The largest absolute Gasteiger partial charge is 0.345 e. The molecule has 0 saturated heterocycles. The van der Waals surface area contributed by atoms with Crippen LogP contribution < -0.4 is 11.1 Å². The smallest absolute Gasteiger partial charge is 0.220 e. The zero-order valence-corrected chi connectivity index (χ0v) is 16.2. The third kappa shape index (κ3) is 6.27. The summed E-state index contributed by atoms with van der Waals surface area (Å²) < 4.78 is 50.5. The Morgan fingerprint density at radius 2 is 1.78 bits per heavy atom. The molecule has 2 aromatic rings. The van der Waals surface area contributed by atoms with E-state index < -0.39 is 27.5 Å². The van der Waals surface area contributed by atoms with E-state index in [9.17, 15) is 22.0 Å². The van der Waals surface area contributed by atoms with Crippen molar-refractivity contribution in [2.24, 2.45) is 5.73 Å². The molecule has 0 aliphatic carbocycles.